The number of hydrogen-bond acceptors (Lipinski definition) is 7. The van der Waals surface area contributed by atoms with E-state index < -0.39 is 5.92 Å². The number of aldehydes is 1. The highest BCUT2D eigenvalue weighted by molar-refractivity contribution is 7.12. The molecule has 6 rings (SSSR count). The number of nitrogens with one attached hydrogen (secondary N) is 1. The first-order chi connectivity index (χ1) is 22.3. The fourth-order valence-corrected chi connectivity index (χ4v) is 9.73. The second-order valence-electron chi connectivity index (χ2n) is 14.3. The van der Waals surface area contributed by atoms with Crippen molar-refractivity contribution in [1.82, 2.24) is 25.0 Å². The Hall–Kier alpha value is -2.50. The summed E-state index contributed by atoms with van der Waals surface area (Å²) in [5.41, 5.74) is 4.81. The van der Waals surface area contributed by atoms with E-state index in [-0.39, 0.29) is 43.6 Å². The lowest BCUT2D eigenvalue weighted by molar-refractivity contribution is -0.130. The molecule has 2 aliphatic heterocycles. The summed E-state index contributed by atoms with van der Waals surface area (Å²) in [6, 6.07) is 1.43. The minimum absolute atomic E-state index is 0.0538. The number of fused-ring (bicyclic) bond motifs is 2. The van der Waals surface area contributed by atoms with Gasteiger partial charge in [0, 0.05) is 54.2 Å². The number of aromatic nitrogens is 3. The van der Waals surface area contributed by atoms with Gasteiger partial charge in [0.25, 0.3) is 0 Å². The summed E-state index contributed by atoms with van der Waals surface area (Å²) in [4.78, 5) is 28.2. The number of thiophene rings is 2. The molecule has 1 aliphatic carbocycles. The first kappa shape index (κ1) is 35.8. The molecule has 3 atom stereocenters. The molecule has 5 heterocycles. The molecule has 258 valence electrons. The summed E-state index contributed by atoms with van der Waals surface area (Å²) in [7, 11) is 0. The fourth-order valence-electron chi connectivity index (χ4n) is 7.70. The molecule has 3 aromatic rings. The molecular weight excluding hydrogens is 637 g/mol. The van der Waals surface area contributed by atoms with Crippen molar-refractivity contribution in [3.05, 3.63) is 54.4 Å². The molecular formula is C36H51F2N5O2S2. The summed E-state index contributed by atoms with van der Waals surface area (Å²) in [5, 5.41) is 16.3. The van der Waals surface area contributed by atoms with E-state index in [9.17, 15) is 18.4 Å². The van der Waals surface area contributed by atoms with E-state index in [1.54, 1.807) is 11.3 Å². The summed E-state index contributed by atoms with van der Waals surface area (Å²) in [6.45, 7) is 15.6. The van der Waals surface area contributed by atoms with Gasteiger partial charge in [0.1, 0.15) is 11.6 Å². The van der Waals surface area contributed by atoms with E-state index in [0.29, 0.717) is 24.0 Å². The molecule has 2 unspecified atom stereocenters. The van der Waals surface area contributed by atoms with E-state index in [4.69, 9.17) is 0 Å². The van der Waals surface area contributed by atoms with Crippen LogP contribution in [0.5, 0.6) is 0 Å². The second-order valence-corrected chi connectivity index (χ2v) is 16.1. The van der Waals surface area contributed by atoms with Gasteiger partial charge in [-0.1, -0.05) is 13.8 Å². The number of carbonyl (C=O) groups is 2. The van der Waals surface area contributed by atoms with Crippen LogP contribution in [-0.4, -0.2) is 56.4 Å². The lowest BCUT2D eigenvalue weighted by atomic mass is 9.86. The van der Waals surface area contributed by atoms with Crippen molar-refractivity contribution in [1.29, 1.82) is 0 Å². The van der Waals surface area contributed by atoms with Crippen LogP contribution in [0.25, 0.3) is 0 Å². The van der Waals surface area contributed by atoms with Gasteiger partial charge in [0.2, 0.25) is 11.8 Å². The maximum Gasteiger partial charge on any atom is 0.248 e. The van der Waals surface area contributed by atoms with E-state index >= 15 is 0 Å². The number of halogens is 2. The fraction of sp³-hybridized carbons (Fsp3) is 0.667. The van der Waals surface area contributed by atoms with E-state index in [2.05, 4.69) is 65.0 Å². The third kappa shape index (κ3) is 8.05. The third-order valence-electron chi connectivity index (χ3n) is 10.8. The number of hydrogen-bond donors (Lipinski definition) is 1. The topological polar surface area (TPSA) is 80.1 Å². The van der Waals surface area contributed by atoms with Crippen molar-refractivity contribution < 1.29 is 18.4 Å². The van der Waals surface area contributed by atoms with Crippen LogP contribution in [0.1, 0.15) is 138 Å². The minimum Gasteiger partial charge on any atom is -0.348 e. The standard InChI is InChI=1S/C29H43F2N5OS.C7H8OS/c1-17(2)27-34-33-20(5)36(27)24-14-22-6-7-23(15-24)35(22)13-10-25(26-19(4)18(3)16-38-26)32-28(37)21-8-11-29(30,31)12-9-21;1-5-4-9-7(3-8)6(5)2/h16-17,21-25H,6-15H2,1-5H3,(H,32,37);3-4H,1-2H3/t22?,23?,24?,25-;/m0./s1. The number of alkyl halides is 2. The number of amides is 1. The maximum atomic E-state index is 13.7. The van der Waals surface area contributed by atoms with Crippen molar-refractivity contribution in [3.8, 4) is 0 Å². The van der Waals surface area contributed by atoms with E-state index in [0.717, 1.165) is 54.2 Å². The predicted molar refractivity (Wildman–Crippen MR) is 186 cm³/mol. The SMILES string of the molecule is Cc1csc(C=O)c1C.Cc1csc([C@H](CCN2C3CCC2CC(n2c(C)nnc2C(C)C)C3)NC(=O)C2CCC(F)(F)CC2)c1C. The van der Waals surface area contributed by atoms with Gasteiger partial charge in [-0.15, -0.1) is 32.9 Å². The zero-order valence-corrected chi connectivity index (χ0v) is 30.6. The van der Waals surface area contributed by atoms with Crippen molar-refractivity contribution in [2.45, 2.75) is 142 Å². The Bertz CT molecular complexity index is 1520. The second kappa shape index (κ2) is 14.9. The molecule has 3 aromatic heterocycles. The summed E-state index contributed by atoms with van der Waals surface area (Å²) < 4.78 is 29.8. The van der Waals surface area contributed by atoms with Gasteiger partial charge in [-0.05, 0) is 113 Å². The van der Waals surface area contributed by atoms with Crippen molar-refractivity contribution >= 4 is 34.9 Å². The van der Waals surface area contributed by atoms with Crippen LogP contribution in [0.2, 0.25) is 0 Å². The normalized spacial score (nSPS) is 23.4. The van der Waals surface area contributed by atoms with Gasteiger partial charge in [-0.2, -0.15) is 0 Å². The molecule has 2 bridgehead atoms. The molecule has 1 saturated carbocycles. The monoisotopic (exact) mass is 687 g/mol. The zero-order chi connectivity index (χ0) is 34.0. The Morgan fingerprint density at radius 1 is 0.957 bits per heavy atom. The van der Waals surface area contributed by atoms with E-state index in [1.807, 2.05) is 19.2 Å². The number of aryl methyl sites for hydroxylation is 3. The number of carbonyl (C=O) groups excluding carboxylic acids is 2. The average molecular weight is 688 g/mol. The van der Waals surface area contributed by atoms with Crippen LogP contribution in [0.3, 0.4) is 0 Å². The molecule has 0 aromatic carbocycles. The molecule has 47 heavy (non-hydrogen) atoms. The average Bonchev–Trinajstić information content (AvgIpc) is 3.75. The number of piperidine rings is 1. The van der Waals surface area contributed by atoms with Crippen molar-refractivity contribution in [2.75, 3.05) is 6.54 Å². The van der Waals surface area contributed by atoms with Crippen LogP contribution < -0.4 is 5.32 Å². The third-order valence-corrected chi connectivity index (χ3v) is 13.2. The van der Waals surface area contributed by atoms with Gasteiger partial charge in [-0.25, -0.2) is 8.78 Å². The van der Waals surface area contributed by atoms with E-state index in [1.165, 1.54) is 45.7 Å². The Labute approximate surface area is 286 Å². The smallest absolute Gasteiger partial charge is 0.248 e. The summed E-state index contributed by atoms with van der Waals surface area (Å²) in [6.07, 6.45) is 6.57. The van der Waals surface area contributed by atoms with Gasteiger partial charge in [0.15, 0.2) is 6.29 Å². The summed E-state index contributed by atoms with van der Waals surface area (Å²) >= 11 is 3.22. The van der Waals surface area contributed by atoms with Crippen molar-refractivity contribution in [3.63, 3.8) is 0 Å². The summed E-state index contributed by atoms with van der Waals surface area (Å²) in [5.74, 6) is -0.534. The van der Waals surface area contributed by atoms with Crippen molar-refractivity contribution in [2.24, 2.45) is 5.92 Å². The molecule has 2 saturated heterocycles. The highest BCUT2D eigenvalue weighted by Gasteiger charge is 2.43. The van der Waals surface area contributed by atoms with Crippen LogP contribution in [0.4, 0.5) is 8.78 Å². The largest absolute Gasteiger partial charge is 0.348 e. The first-order valence-corrected chi connectivity index (χ1v) is 18.9. The number of rotatable bonds is 9. The molecule has 7 nitrogen and oxygen atoms in total. The lowest BCUT2D eigenvalue weighted by Crippen LogP contribution is -2.45. The number of nitrogens with zero attached hydrogens (tertiary/aromatic N) is 4. The zero-order valence-electron chi connectivity index (χ0n) is 28.9. The highest BCUT2D eigenvalue weighted by atomic mass is 32.1. The van der Waals surface area contributed by atoms with Gasteiger partial charge >= 0.3 is 0 Å². The Morgan fingerprint density at radius 3 is 2.09 bits per heavy atom. The van der Waals surface area contributed by atoms with Crippen LogP contribution in [0, 0.1) is 40.5 Å². The van der Waals surface area contributed by atoms with Gasteiger partial charge in [0.05, 0.1) is 10.9 Å². The molecule has 3 fully saturated rings. The molecule has 3 aliphatic rings. The Kier molecular flexibility index (Phi) is 11.4. The molecule has 1 amide bonds. The van der Waals surface area contributed by atoms with Crippen LogP contribution in [-0.2, 0) is 4.79 Å². The van der Waals surface area contributed by atoms with Gasteiger partial charge < -0.3 is 9.88 Å². The van der Waals surface area contributed by atoms with Crippen LogP contribution in [0.15, 0.2) is 10.8 Å². The minimum atomic E-state index is -2.62. The van der Waals surface area contributed by atoms with Gasteiger partial charge in [-0.3, -0.25) is 14.5 Å². The molecule has 11 heteroatoms. The Balaban J connectivity index is 0.000000417. The van der Waals surface area contributed by atoms with Crippen LogP contribution >= 0.6 is 22.7 Å². The molecule has 0 spiro atoms. The molecule has 0 radical (unpaired) electrons. The Morgan fingerprint density at radius 2 is 1.57 bits per heavy atom. The first-order valence-electron chi connectivity index (χ1n) is 17.2. The predicted octanol–water partition coefficient (Wildman–Crippen LogP) is 8.81. The molecule has 1 N–H and O–H groups in total. The highest BCUT2D eigenvalue weighted by Crippen LogP contribution is 2.43. The quantitative estimate of drug-likeness (QED) is 0.228. The lowest BCUT2D eigenvalue weighted by Gasteiger charge is -2.40. The maximum absolute atomic E-state index is 13.7.